The predicted molar refractivity (Wildman–Crippen MR) is 79.7 cm³/mol. The van der Waals surface area contributed by atoms with E-state index in [1.54, 1.807) is 0 Å². The highest BCUT2D eigenvalue weighted by Crippen LogP contribution is 2.58. The molecule has 1 aromatic carbocycles. The van der Waals surface area contributed by atoms with Crippen LogP contribution in [-0.2, 0) is 10.8 Å². The topological polar surface area (TPSA) is 86.3 Å². The highest BCUT2D eigenvalue weighted by molar-refractivity contribution is 5.67. The van der Waals surface area contributed by atoms with Gasteiger partial charge < -0.3 is 0 Å². The maximum absolute atomic E-state index is 11.5. The number of hydrogen-bond acceptors (Lipinski definition) is 4. The molecule has 1 aromatic rings. The summed E-state index contributed by atoms with van der Waals surface area (Å²) in [5.41, 5.74) is 0.502. The molecule has 1 aliphatic carbocycles. The van der Waals surface area contributed by atoms with Crippen LogP contribution in [0, 0.1) is 33.1 Å². The average molecular weight is 292 g/mol. The van der Waals surface area contributed by atoms with E-state index in [1.165, 1.54) is 13.0 Å². The summed E-state index contributed by atoms with van der Waals surface area (Å²) in [6, 6.07) is 1.53. The van der Waals surface area contributed by atoms with Crippen LogP contribution in [0.1, 0.15) is 51.3 Å². The van der Waals surface area contributed by atoms with E-state index in [4.69, 9.17) is 0 Å². The minimum Gasteiger partial charge on any atom is -0.258 e. The first-order chi connectivity index (χ1) is 9.44. The summed E-state index contributed by atoms with van der Waals surface area (Å²) < 4.78 is 0. The Morgan fingerprint density at radius 1 is 1.05 bits per heavy atom. The molecule has 6 heteroatoms. The Bertz CT molecular complexity index is 662. The molecule has 6 nitrogen and oxygen atoms in total. The molecule has 1 atom stereocenters. The summed E-state index contributed by atoms with van der Waals surface area (Å²) in [4.78, 5) is 21.8. The van der Waals surface area contributed by atoms with Crippen molar-refractivity contribution in [2.45, 2.75) is 52.4 Å². The van der Waals surface area contributed by atoms with Gasteiger partial charge in [0.2, 0.25) is 0 Å². The normalized spacial score (nSPS) is 21.9. The van der Waals surface area contributed by atoms with Crippen LogP contribution in [0.5, 0.6) is 0 Å². The molecule has 0 aromatic heterocycles. The molecule has 0 spiro atoms. The van der Waals surface area contributed by atoms with Crippen molar-refractivity contribution in [1.82, 2.24) is 0 Å². The number of nitro groups is 2. The molecule has 21 heavy (non-hydrogen) atoms. The predicted octanol–water partition coefficient (Wildman–Crippen LogP) is 4.02. The summed E-state index contributed by atoms with van der Waals surface area (Å²) in [5.74, 6) is 0.139. The van der Waals surface area contributed by atoms with Gasteiger partial charge in [-0.25, -0.2) is 0 Å². The van der Waals surface area contributed by atoms with Crippen molar-refractivity contribution in [3.63, 3.8) is 0 Å². The zero-order valence-corrected chi connectivity index (χ0v) is 13.2. The molecule has 2 rings (SSSR count). The summed E-state index contributed by atoms with van der Waals surface area (Å²) >= 11 is 0. The van der Waals surface area contributed by atoms with Gasteiger partial charge in [0.25, 0.3) is 11.4 Å². The second-order valence-corrected chi connectivity index (χ2v) is 6.97. The Balaban J connectivity index is 2.99. The van der Waals surface area contributed by atoms with Crippen LogP contribution in [0.15, 0.2) is 6.07 Å². The highest BCUT2D eigenvalue weighted by atomic mass is 16.6. The zero-order chi connectivity index (χ0) is 16.3. The van der Waals surface area contributed by atoms with Gasteiger partial charge in [0.1, 0.15) is 5.56 Å². The van der Waals surface area contributed by atoms with Crippen LogP contribution in [0.3, 0.4) is 0 Å². The molecule has 0 saturated carbocycles. The van der Waals surface area contributed by atoms with Crippen molar-refractivity contribution in [2.24, 2.45) is 5.92 Å². The lowest BCUT2D eigenvalue weighted by Gasteiger charge is -2.32. The van der Waals surface area contributed by atoms with E-state index >= 15 is 0 Å². The zero-order valence-electron chi connectivity index (χ0n) is 13.2. The van der Waals surface area contributed by atoms with Crippen LogP contribution in [-0.4, -0.2) is 9.85 Å². The number of nitrogens with zero attached hydrogens (tertiary/aromatic N) is 2. The number of hydrogen-bond donors (Lipinski definition) is 0. The highest BCUT2D eigenvalue weighted by Gasteiger charge is 2.53. The van der Waals surface area contributed by atoms with Crippen molar-refractivity contribution < 1.29 is 9.85 Å². The first-order valence-corrected chi connectivity index (χ1v) is 6.91. The van der Waals surface area contributed by atoms with E-state index in [1.807, 2.05) is 34.6 Å². The van der Waals surface area contributed by atoms with Gasteiger partial charge in [-0.1, -0.05) is 34.6 Å². The summed E-state index contributed by atoms with van der Waals surface area (Å²) in [5, 5.41) is 22.8. The van der Waals surface area contributed by atoms with Crippen LogP contribution in [0.4, 0.5) is 11.4 Å². The number of fused-ring (bicyclic) bond motifs is 1. The van der Waals surface area contributed by atoms with Gasteiger partial charge in [-0.2, -0.15) is 0 Å². The van der Waals surface area contributed by atoms with Gasteiger partial charge in [0.15, 0.2) is 0 Å². The minimum absolute atomic E-state index is 0.0957. The maximum atomic E-state index is 11.5. The molecular weight excluding hydrogens is 272 g/mol. The quantitative estimate of drug-likeness (QED) is 0.608. The Morgan fingerprint density at radius 3 is 2.00 bits per heavy atom. The number of benzene rings is 1. The summed E-state index contributed by atoms with van der Waals surface area (Å²) in [7, 11) is 0. The maximum Gasteiger partial charge on any atom is 0.283 e. The molecule has 0 radical (unpaired) electrons. The smallest absolute Gasteiger partial charge is 0.258 e. The second kappa shape index (κ2) is 4.26. The van der Waals surface area contributed by atoms with Crippen LogP contribution >= 0.6 is 0 Å². The van der Waals surface area contributed by atoms with E-state index in [0.717, 1.165) is 5.56 Å². The lowest BCUT2D eigenvalue weighted by atomic mass is 9.71. The standard InChI is InChI=1S/C15H20N2O4/c1-8-11(16(18)19)7-10-12(13(8)17(20)21)15(5,6)9(2)14(10,3)4/h7,9H,1-6H3. The first kappa shape index (κ1) is 15.4. The van der Waals surface area contributed by atoms with Gasteiger partial charge >= 0.3 is 0 Å². The Kier molecular flexibility index (Phi) is 3.12. The number of rotatable bonds is 2. The Hall–Kier alpha value is -1.98. The lowest BCUT2D eigenvalue weighted by molar-refractivity contribution is -0.395. The van der Waals surface area contributed by atoms with Gasteiger partial charge in [-0.15, -0.1) is 0 Å². The monoisotopic (exact) mass is 292 g/mol. The molecular formula is C15H20N2O4. The molecule has 0 N–H and O–H groups in total. The van der Waals surface area contributed by atoms with E-state index in [9.17, 15) is 20.2 Å². The number of nitro benzene ring substituents is 2. The van der Waals surface area contributed by atoms with Crippen LogP contribution in [0.25, 0.3) is 0 Å². The third kappa shape index (κ3) is 1.85. The average Bonchev–Trinajstić information content (AvgIpc) is 2.47. The van der Waals surface area contributed by atoms with Crippen molar-refractivity contribution in [3.05, 3.63) is 43.0 Å². The van der Waals surface area contributed by atoms with E-state index in [2.05, 4.69) is 0 Å². The molecule has 0 fully saturated rings. The molecule has 0 amide bonds. The largest absolute Gasteiger partial charge is 0.283 e. The second-order valence-electron chi connectivity index (χ2n) is 6.97. The molecule has 1 aliphatic rings. The Morgan fingerprint density at radius 2 is 1.57 bits per heavy atom. The van der Waals surface area contributed by atoms with Crippen molar-refractivity contribution in [2.75, 3.05) is 0 Å². The molecule has 0 heterocycles. The van der Waals surface area contributed by atoms with E-state index < -0.39 is 15.3 Å². The van der Waals surface area contributed by atoms with E-state index in [-0.39, 0.29) is 28.3 Å². The van der Waals surface area contributed by atoms with Crippen molar-refractivity contribution in [3.8, 4) is 0 Å². The fourth-order valence-electron chi connectivity index (χ4n) is 3.68. The van der Waals surface area contributed by atoms with Crippen molar-refractivity contribution in [1.29, 1.82) is 0 Å². The molecule has 1 unspecified atom stereocenters. The minimum atomic E-state index is -0.533. The molecule has 0 aliphatic heterocycles. The van der Waals surface area contributed by atoms with Gasteiger partial charge in [-0.05, 0) is 23.8 Å². The van der Waals surface area contributed by atoms with Crippen molar-refractivity contribution >= 4 is 11.4 Å². The lowest BCUT2D eigenvalue weighted by Crippen LogP contribution is -2.31. The molecule has 0 bridgehead atoms. The molecule has 114 valence electrons. The summed E-state index contributed by atoms with van der Waals surface area (Å²) in [6.07, 6.45) is 0. The summed E-state index contributed by atoms with van der Waals surface area (Å²) in [6.45, 7) is 11.4. The SMILES string of the molecule is Cc1c([N+](=O)[O-])cc2c(c1[N+](=O)[O-])C(C)(C)C(C)C2(C)C. The third-order valence-corrected chi connectivity index (χ3v) is 5.41. The van der Waals surface area contributed by atoms with Crippen LogP contribution in [0.2, 0.25) is 0 Å². The molecule has 0 saturated heterocycles. The van der Waals surface area contributed by atoms with Gasteiger partial charge in [-0.3, -0.25) is 20.2 Å². The third-order valence-electron chi connectivity index (χ3n) is 5.41. The van der Waals surface area contributed by atoms with Crippen LogP contribution < -0.4 is 0 Å². The van der Waals surface area contributed by atoms with Gasteiger partial charge in [0.05, 0.1) is 9.85 Å². The Labute approximate surface area is 123 Å². The fraction of sp³-hybridized carbons (Fsp3) is 0.600. The van der Waals surface area contributed by atoms with Gasteiger partial charge in [0, 0.05) is 17.0 Å². The first-order valence-electron chi connectivity index (χ1n) is 6.91. The van der Waals surface area contributed by atoms with E-state index in [0.29, 0.717) is 5.56 Å². The fourth-order valence-corrected chi connectivity index (χ4v) is 3.68.